The summed E-state index contributed by atoms with van der Waals surface area (Å²) in [5, 5.41) is 5.73. The van der Waals surface area contributed by atoms with Gasteiger partial charge >= 0.3 is 0 Å². The summed E-state index contributed by atoms with van der Waals surface area (Å²) < 4.78 is 9.64. The van der Waals surface area contributed by atoms with Crippen LogP contribution in [0.3, 0.4) is 0 Å². The minimum atomic E-state index is -1.71. The summed E-state index contributed by atoms with van der Waals surface area (Å²) in [5.41, 5.74) is 0. The van der Waals surface area contributed by atoms with Gasteiger partial charge in [-0.05, 0) is 12.8 Å². The first-order chi connectivity index (χ1) is 5.12. The van der Waals surface area contributed by atoms with Crippen LogP contribution in [0.5, 0.6) is 0 Å². The minimum absolute atomic E-state index is 0.823. The van der Waals surface area contributed by atoms with Crippen molar-refractivity contribution in [3.63, 3.8) is 0 Å². The third kappa shape index (κ3) is 6.66. The van der Waals surface area contributed by atoms with E-state index in [9.17, 15) is 4.55 Å². The number of nitrogens with two attached hydrogens (primary N) is 1. The van der Waals surface area contributed by atoms with Crippen LogP contribution in [0.15, 0.2) is 0 Å². The maximum atomic E-state index is 9.64. The van der Waals surface area contributed by atoms with Crippen LogP contribution >= 0.6 is 10.5 Å². The largest absolute Gasteiger partial charge is 0.339 e. The molecule has 0 aromatic heterocycles. The summed E-state index contributed by atoms with van der Waals surface area (Å²) in [6, 6.07) is 0. The standard InChI is InChI=1S/C8H21NOS/c1-3-5-7-11(9,10)8-6-4-2/h10H,3-9H2,1-2H3. The molecule has 0 bridgehead atoms. The Bertz CT molecular complexity index is 86.1. The Morgan fingerprint density at radius 2 is 1.45 bits per heavy atom. The maximum absolute atomic E-state index is 9.64. The van der Waals surface area contributed by atoms with Gasteiger partial charge in [-0.25, -0.2) is 0 Å². The highest BCUT2D eigenvalue weighted by Crippen LogP contribution is 2.36. The molecule has 0 heterocycles. The molecule has 0 saturated carbocycles. The van der Waals surface area contributed by atoms with Crippen LogP contribution < -0.4 is 5.14 Å². The van der Waals surface area contributed by atoms with E-state index >= 15 is 0 Å². The van der Waals surface area contributed by atoms with Crippen molar-refractivity contribution < 1.29 is 4.55 Å². The third-order valence-corrected chi connectivity index (χ3v) is 3.69. The van der Waals surface area contributed by atoms with Crippen molar-refractivity contribution in [2.45, 2.75) is 39.5 Å². The van der Waals surface area contributed by atoms with E-state index in [2.05, 4.69) is 13.8 Å². The molecule has 0 rings (SSSR count). The lowest BCUT2D eigenvalue weighted by Gasteiger charge is -2.28. The Labute approximate surface area is 71.8 Å². The van der Waals surface area contributed by atoms with Crippen molar-refractivity contribution in [3.8, 4) is 0 Å². The predicted molar refractivity (Wildman–Crippen MR) is 54.0 cm³/mol. The molecular weight excluding hydrogens is 158 g/mol. The van der Waals surface area contributed by atoms with Crippen LogP contribution in [-0.2, 0) is 0 Å². The summed E-state index contributed by atoms with van der Waals surface area (Å²) in [6.45, 7) is 4.24. The van der Waals surface area contributed by atoms with Crippen molar-refractivity contribution in [3.05, 3.63) is 0 Å². The average Bonchev–Trinajstić information content (AvgIpc) is 1.97. The Morgan fingerprint density at radius 1 is 1.09 bits per heavy atom. The Kier molecular flexibility index (Phi) is 6.01. The molecule has 0 spiro atoms. The van der Waals surface area contributed by atoms with E-state index in [1.54, 1.807) is 0 Å². The van der Waals surface area contributed by atoms with Crippen LogP contribution in [0.2, 0.25) is 0 Å². The highest BCUT2D eigenvalue weighted by Gasteiger charge is 2.11. The number of rotatable bonds is 6. The molecule has 0 aromatic rings. The Balaban J connectivity index is 3.43. The fourth-order valence-corrected chi connectivity index (χ4v) is 2.67. The third-order valence-electron chi connectivity index (χ3n) is 1.70. The molecule has 70 valence electrons. The number of hydrogen-bond donors (Lipinski definition) is 2. The van der Waals surface area contributed by atoms with Gasteiger partial charge in [0.2, 0.25) is 0 Å². The van der Waals surface area contributed by atoms with E-state index < -0.39 is 10.5 Å². The molecule has 0 amide bonds. The fourth-order valence-electron chi connectivity index (χ4n) is 0.891. The van der Waals surface area contributed by atoms with E-state index in [1.807, 2.05) is 0 Å². The molecule has 0 saturated heterocycles. The first-order valence-electron chi connectivity index (χ1n) is 4.41. The highest BCUT2D eigenvalue weighted by atomic mass is 32.3. The molecule has 0 aromatic carbocycles. The van der Waals surface area contributed by atoms with Gasteiger partial charge in [0, 0.05) is 11.5 Å². The number of unbranched alkanes of at least 4 members (excludes halogenated alkanes) is 2. The van der Waals surface area contributed by atoms with Gasteiger partial charge in [-0.1, -0.05) is 37.2 Å². The van der Waals surface area contributed by atoms with Crippen LogP contribution in [0.1, 0.15) is 39.5 Å². The zero-order valence-corrected chi connectivity index (χ0v) is 8.49. The summed E-state index contributed by atoms with van der Waals surface area (Å²) >= 11 is 0. The molecule has 0 unspecified atom stereocenters. The second-order valence-electron chi connectivity index (χ2n) is 3.02. The van der Waals surface area contributed by atoms with Crippen LogP contribution in [-0.4, -0.2) is 16.1 Å². The predicted octanol–water partition coefficient (Wildman–Crippen LogP) is 2.74. The molecular formula is C8H21NOS. The molecule has 0 aliphatic carbocycles. The van der Waals surface area contributed by atoms with Crippen LogP contribution in [0.25, 0.3) is 0 Å². The smallest absolute Gasteiger partial charge is 0.0111 e. The molecule has 3 heteroatoms. The fraction of sp³-hybridized carbons (Fsp3) is 1.00. The minimum Gasteiger partial charge on any atom is -0.339 e. The molecule has 0 atom stereocenters. The zero-order chi connectivity index (χ0) is 8.74. The van der Waals surface area contributed by atoms with Gasteiger partial charge in [0.05, 0.1) is 0 Å². The van der Waals surface area contributed by atoms with Gasteiger partial charge in [-0.15, -0.1) is 0 Å². The maximum Gasteiger partial charge on any atom is 0.0111 e. The van der Waals surface area contributed by atoms with Crippen molar-refractivity contribution >= 4 is 10.5 Å². The molecule has 3 N–H and O–H groups in total. The lowest BCUT2D eigenvalue weighted by molar-refractivity contribution is 0.616. The molecule has 0 radical (unpaired) electrons. The van der Waals surface area contributed by atoms with Crippen molar-refractivity contribution in [2.75, 3.05) is 11.5 Å². The van der Waals surface area contributed by atoms with E-state index in [0.29, 0.717) is 0 Å². The SMILES string of the molecule is CCCCS(N)(O)CCCC. The zero-order valence-electron chi connectivity index (χ0n) is 7.68. The van der Waals surface area contributed by atoms with E-state index in [4.69, 9.17) is 5.14 Å². The molecule has 2 nitrogen and oxygen atoms in total. The lowest BCUT2D eigenvalue weighted by Crippen LogP contribution is -2.17. The molecule has 0 fully saturated rings. The molecule has 0 aliphatic rings. The lowest BCUT2D eigenvalue weighted by atomic mass is 10.4. The normalized spacial score (nSPS) is 13.5. The van der Waals surface area contributed by atoms with Crippen LogP contribution in [0, 0.1) is 0 Å². The number of hydrogen-bond acceptors (Lipinski definition) is 2. The molecule has 0 aliphatic heterocycles. The topological polar surface area (TPSA) is 46.2 Å². The van der Waals surface area contributed by atoms with Crippen molar-refractivity contribution in [1.82, 2.24) is 0 Å². The van der Waals surface area contributed by atoms with Crippen molar-refractivity contribution in [1.29, 1.82) is 0 Å². The second kappa shape index (κ2) is 5.86. The van der Waals surface area contributed by atoms with Gasteiger partial charge in [-0.3, -0.25) is 5.14 Å². The van der Waals surface area contributed by atoms with Gasteiger partial charge in [0.1, 0.15) is 0 Å². The summed E-state index contributed by atoms with van der Waals surface area (Å²) in [4.78, 5) is 0. The van der Waals surface area contributed by atoms with E-state index in [0.717, 1.165) is 37.2 Å². The monoisotopic (exact) mass is 179 g/mol. The quantitative estimate of drug-likeness (QED) is 0.658. The van der Waals surface area contributed by atoms with Crippen molar-refractivity contribution in [2.24, 2.45) is 5.14 Å². The second-order valence-corrected chi connectivity index (χ2v) is 5.64. The average molecular weight is 179 g/mol. The van der Waals surface area contributed by atoms with Gasteiger partial charge in [0.15, 0.2) is 0 Å². The van der Waals surface area contributed by atoms with Gasteiger partial charge in [-0.2, -0.15) is 0 Å². The first-order valence-corrected chi connectivity index (χ1v) is 6.40. The summed E-state index contributed by atoms with van der Waals surface area (Å²) in [6.07, 6.45) is 4.37. The van der Waals surface area contributed by atoms with Crippen LogP contribution in [0.4, 0.5) is 0 Å². The van der Waals surface area contributed by atoms with Gasteiger partial charge in [0.25, 0.3) is 0 Å². The summed E-state index contributed by atoms with van der Waals surface area (Å²) in [5.74, 6) is 1.65. The van der Waals surface area contributed by atoms with Gasteiger partial charge < -0.3 is 4.55 Å². The molecule has 11 heavy (non-hydrogen) atoms. The Hall–Kier alpha value is 0.270. The summed E-state index contributed by atoms with van der Waals surface area (Å²) in [7, 11) is -1.71. The Morgan fingerprint density at radius 3 is 1.73 bits per heavy atom. The van der Waals surface area contributed by atoms with E-state index in [-0.39, 0.29) is 0 Å². The first kappa shape index (κ1) is 11.3. The van der Waals surface area contributed by atoms with E-state index in [1.165, 1.54) is 0 Å². The highest BCUT2D eigenvalue weighted by molar-refractivity contribution is 8.27.